The minimum absolute atomic E-state index is 0.0135. The van der Waals surface area contributed by atoms with Gasteiger partial charge in [-0.15, -0.1) is 12.3 Å². The molecule has 0 aromatic carbocycles. The first-order valence-corrected chi connectivity index (χ1v) is 7.40. The number of carbonyl (C=O) groups excluding carboxylic acids is 2. The lowest BCUT2D eigenvalue weighted by Crippen LogP contribution is -2.71. The van der Waals surface area contributed by atoms with Gasteiger partial charge >= 0.3 is 0 Å². The van der Waals surface area contributed by atoms with Crippen LogP contribution < -0.4 is 5.32 Å². The summed E-state index contributed by atoms with van der Waals surface area (Å²) in [6, 6.07) is -0.503. The minimum Gasteiger partial charge on any atom is -0.340 e. The third-order valence-electron chi connectivity index (χ3n) is 4.23. The maximum absolute atomic E-state index is 12.9. The Morgan fingerprint density at radius 3 is 2.40 bits per heavy atom. The quantitative estimate of drug-likeness (QED) is 0.781. The van der Waals surface area contributed by atoms with Crippen LogP contribution in [0.2, 0.25) is 0 Å². The van der Waals surface area contributed by atoms with Crippen LogP contribution in [0.3, 0.4) is 0 Å². The molecule has 1 fully saturated rings. The van der Waals surface area contributed by atoms with Gasteiger partial charge in [0.15, 0.2) is 0 Å². The number of rotatable bonds is 5. The van der Waals surface area contributed by atoms with Gasteiger partial charge in [-0.25, -0.2) is 0 Å². The van der Waals surface area contributed by atoms with E-state index in [4.69, 9.17) is 6.42 Å². The molecule has 0 radical (unpaired) electrons. The second-order valence-corrected chi connectivity index (χ2v) is 6.05. The predicted molar refractivity (Wildman–Crippen MR) is 79.8 cm³/mol. The fourth-order valence-corrected chi connectivity index (χ4v) is 2.77. The Balaban J connectivity index is 3.24. The van der Waals surface area contributed by atoms with Crippen LogP contribution in [0.4, 0.5) is 0 Å². The first kappa shape index (κ1) is 16.6. The van der Waals surface area contributed by atoms with E-state index in [0.29, 0.717) is 12.8 Å². The van der Waals surface area contributed by atoms with Crippen molar-refractivity contribution in [3.8, 4) is 12.3 Å². The van der Waals surface area contributed by atoms with Crippen LogP contribution in [0.5, 0.6) is 0 Å². The van der Waals surface area contributed by atoms with Crippen LogP contribution in [0, 0.1) is 18.3 Å². The molecular weight excluding hydrogens is 252 g/mol. The van der Waals surface area contributed by atoms with Gasteiger partial charge in [-0.2, -0.15) is 0 Å². The molecule has 0 aromatic heterocycles. The molecule has 4 heteroatoms. The van der Waals surface area contributed by atoms with Gasteiger partial charge in [0.25, 0.3) is 0 Å². The molecule has 4 nitrogen and oxygen atoms in total. The normalized spacial score (nSPS) is 28.2. The Bertz CT molecular complexity index is 425. The summed E-state index contributed by atoms with van der Waals surface area (Å²) >= 11 is 0. The van der Waals surface area contributed by atoms with E-state index in [9.17, 15) is 9.59 Å². The molecular formula is C16H26N2O2. The molecule has 1 heterocycles. The highest BCUT2D eigenvalue weighted by Crippen LogP contribution is 2.28. The van der Waals surface area contributed by atoms with E-state index in [0.717, 1.165) is 6.42 Å². The Morgan fingerprint density at radius 2 is 2.00 bits per heavy atom. The summed E-state index contributed by atoms with van der Waals surface area (Å²) in [5.74, 6) is 2.61. The summed E-state index contributed by atoms with van der Waals surface area (Å²) in [4.78, 5) is 27.0. The predicted octanol–water partition coefficient (Wildman–Crippen LogP) is 1.94. The van der Waals surface area contributed by atoms with Crippen LogP contribution in [0.25, 0.3) is 0 Å². The minimum atomic E-state index is -0.815. The number of hydrogen-bond donors (Lipinski definition) is 1. The molecule has 0 spiro atoms. The van der Waals surface area contributed by atoms with Crippen LogP contribution in [0.1, 0.15) is 53.9 Å². The van der Waals surface area contributed by atoms with Crippen molar-refractivity contribution in [2.75, 3.05) is 0 Å². The molecule has 3 unspecified atom stereocenters. The summed E-state index contributed by atoms with van der Waals surface area (Å²) in [5, 5.41) is 2.89. The molecule has 112 valence electrons. The van der Waals surface area contributed by atoms with Crippen LogP contribution in [-0.4, -0.2) is 34.3 Å². The lowest BCUT2D eigenvalue weighted by molar-refractivity contribution is -0.159. The number of hydrogen-bond acceptors (Lipinski definition) is 2. The fourth-order valence-electron chi connectivity index (χ4n) is 2.77. The highest BCUT2D eigenvalue weighted by Gasteiger charge is 2.49. The number of nitrogens with zero attached hydrogens (tertiary/aromatic N) is 1. The zero-order chi connectivity index (χ0) is 15.5. The largest absolute Gasteiger partial charge is 0.340 e. The standard InChI is InChI=1S/C16H26N2O2/c1-7-10-12(8-2)18-13(11(4)5)14(19)17-16(6,9-3)15(18)20/h1,11-13H,8-10H2,2-6H3,(H,17,19). The molecule has 0 saturated carbocycles. The zero-order valence-electron chi connectivity index (χ0n) is 13.2. The second-order valence-electron chi connectivity index (χ2n) is 6.05. The number of carbonyl (C=O) groups is 2. The summed E-state index contributed by atoms with van der Waals surface area (Å²) in [5.41, 5.74) is -0.815. The fraction of sp³-hybridized carbons (Fsp3) is 0.750. The summed E-state index contributed by atoms with van der Waals surface area (Å²) in [7, 11) is 0. The summed E-state index contributed by atoms with van der Waals surface area (Å²) in [6.45, 7) is 9.62. The summed E-state index contributed by atoms with van der Waals surface area (Å²) in [6.07, 6.45) is 7.24. The van der Waals surface area contributed by atoms with Gasteiger partial charge in [0.1, 0.15) is 11.6 Å². The van der Waals surface area contributed by atoms with Crippen molar-refractivity contribution >= 4 is 11.8 Å². The van der Waals surface area contributed by atoms with Crippen LogP contribution in [-0.2, 0) is 9.59 Å². The molecule has 1 saturated heterocycles. The van der Waals surface area contributed by atoms with Gasteiger partial charge in [0, 0.05) is 12.5 Å². The summed E-state index contributed by atoms with van der Waals surface area (Å²) < 4.78 is 0. The number of amides is 2. The Hall–Kier alpha value is -1.50. The average molecular weight is 278 g/mol. The maximum Gasteiger partial charge on any atom is 0.248 e. The second kappa shape index (κ2) is 6.30. The van der Waals surface area contributed by atoms with E-state index >= 15 is 0 Å². The molecule has 1 N–H and O–H groups in total. The Morgan fingerprint density at radius 1 is 1.40 bits per heavy atom. The smallest absolute Gasteiger partial charge is 0.248 e. The van der Waals surface area contributed by atoms with Crippen molar-refractivity contribution in [1.29, 1.82) is 0 Å². The van der Waals surface area contributed by atoms with Crippen molar-refractivity contribution in [1.82, 2.24) is 10.2 Å². The number of piperazine rings is 1. The average Bonchev–Trinajstić information content (AvgIpc) is 2.39. The third-order valence-corrected chi connectivity index (χ3v) is 4.23. The van der Waals surface area contributed by atoms with Crippen molar-refractivity contribution in [3.05, 3.63) is 0 Å². The molecule has 1 rings (SSSR count). The number of terminal acetylenes is 1. The van der Waals surface area contributed by atoms with Gasteiger partial charge in [-0.3, -0.25) is 9.59 Å². The Labute approximate surface area is 122 Å². The van der Waals surface area contributed by atoms with E-state index in [1.807, 2.05) is 27.7 Å². The molecule has 0 aromatic rings. The number of nitrogens with one attached hydrogen (secondary N) is 1. The zero-order valence-corrected chi connectivity index (χ0v) is 13.2. The lowest BCUT2D eigenvalue weighted by Gasteiger charge is -2.48. The van der Waals surface area contributed by atoms with E-state index < -0.39 is 11.6 Å². The first-order chi connectivity index (χ1) is 9.32. The van der Waals surface area contributed by atoms with E-state index in [1.165, 1.54) is 0 Å². The van der Waals surface area contributed by atoms with Crippen LogP contribution in [0.15, 0.2) is 0 Å². The van der Waals surface area contributed by atoms with E-state index in [1.54, 1.807) is 11.8 Å². The van der Waals surface area contributed by atoms with E-state index in [2.05, 4.69) is 11.2 Å². The van der Waals surface area contributed by atoms with Crippen LogP contribution >= 0.6 is 0 Å². The van der Waals surface area contributed by atoms with Crippen molar-refractivity contribution in [2.45, 2.75) is 71.5 Å². The van der Waals surface area contributed by atoms with Gasteiger partial charge in [-0.05, 0) is 25.7 Å². The van der Waals surface area contributed by atoms with Gasteiger partial charge in [0.2, 0.25) is 11.8 Å². The molecule has 1 aliphatic rings. The van der Waals surface area contributed by atoms with Crippen molar-refractivity contribution in [2.24, 2.45) is 5.92 Å². The highest BCUT2D eigenvalue weighted by atomic mass is 16.2. The monoisotopic (exact) mass is 278 g/mol. The molecule has 1 aliphatic heterocycles. The first-order valence-electron chi connectivity index (χ1n) is 7.40. The highest BCUT2D eigenvalue weighted by molar-refractivity contribution is 5.99. The van der Waals surface area contributed by atoms with Crippen molar-refractivity contribution < 1.29 is 9.59 Å². The van der Waals surface area contributed by atoms with Gasteiger partial charge < -0.3 is 10.2 Å². The van der Waals surface area contributed by atoms with E-state index in [-0.39, 0.29) is 23.8 Å². The molecule has 0 bridgehead atoms. The SMILES string of the molecule is C#CCC(CC)N1C(=O)C(C)(CC)NC(=O)C1C(C)C. The molecule has 20 heavy (non-hydrogen) atoms. The van der Waals surface area contributed by atoms with Gasteiger partial charge in [-0.1, -0.05) is 27.7 Å². The van der Waals surface area contributed by atoms with Gasteiger partial charge in [0.05, 0.1) is 0 Å². The Kier molecular flexibility index (Phi) is 5.21. The topological polar surface area (TPSA) is 49.4 Å². The molecule has 3 atom stereocenters. The lowest BCUT2D eigenvalue weighted by atomic mass is 9.86. The molecule has 0 aliphatic carbocycles. The third kappa shape index (κ3) is 2.82. The maximum atomic E-state index is 12.9. The van der Waals surface area contributed by atoms with Crippen molar-refractivity contribution in [3.63, 3.8) is 0 Å². The molecule has 2 amide bonds.